The highest BCUT2D eigenvalue weighted by molar-refractivity contribution is 6.32. The van der Waals surface area contributed by atoms with Gasteiger partial charge in [-0.1, -0.05) is 41.9 Å². The van der Waals surface area contributed by atoms with Gasteiger partial charge in [0.25, 0.3) is 5.91 Å². The van der Waals surface area contributed by atoms with Gasteiger partial charge in [-0.05, 0) is 87.1 Å². The van der Waals surface area contributed by atoms with Crippen molar-refractivity contribution in [2.45, 2.75) is 53.6 Å². The van der Waals surface area contributed by atoms with Crippen molar-refractivity contribution in [3.63, 3.8) is 0 Å². The van der Waals surface area contributed by atoms with Crippen molar-refractivity contribution in [1.82, 2.24) is 19.2 Å². The Hall–Kier alpha value is -4.56. The number of benzene rings is 3. The fourth-order valence-corrected chi connectivity index (χ4v) is 6.75. The average Bonchev–Trinajstić information content (AvgIpc) is 3.47. The number of nitrogens with zero attached hydrogens (tertiary/aromatic N) is 4. The summed E-state index contributed by atoms with van der Waals surface area (Å²) in [6, 6.07) is 17.0. The van der Waals surface area contributed by atoms with E-state index in [0.717, 1.165) is 72.9 Å². The van der Waals surface area contributed by atoms with Crippen molar-refractivity contribution >= 4 is 34.4 Å². The van der Waals surface area contributed by atoms with Gasteiger partial charge in [-0.2, -0.15) is 5.10 Å². The molecular weight excluding hydrogens is 588 g/mol. The number of hydrogen-bond donors (Lipinski definition) is 1. The molecule has 0 saturated heterocycles. The average molecular weight is 625 g/mol. The number of hydrogen-bond acceptors (Lipinski definition) is 4. The predicted octanol–water partition coefficient (Wildman–Crippen LogP) is 7.29. The van der Waals surface area contributed by atoms with E-state index >= 15 is 0 Å². The molecule has 0 unspecified atom stereocenters. The Morgan fingerprint density at radius 1 is 1.02 bits per heavy atom. The summed E-state index contributed by atoms with van der Waals surface area (Å²) < 4.78 is 10.2. The minimum atomic E-state index is -0.983. The number of para-hydroxylation sites is 1. The second-order valence-electron chi connectivity index (χ2n) is 11.9. The molecule has 0 fully saturated rings. The van der Waals surface area contributed by atoms with Crippen molar-refractivity contribution in [3.05, 3.63) is 105 Å². The maximum Gasteiger partial charge on any atom is 0.335 e. The first-order valence-electron chi connectivity index (χ1n) is 15.2. The number of carboxylic acid groups (broad SMARTS) is 1. The highest BCUT2D eigenvalue weighted by Crippen LogP contribution is 2.39. The Balaban J connectivity index is 1.38. The van der Waals surface area contributed by atoms with Gasteiger partial charge in [-0.3, -0.25) is 9.48 Å². The molecule has 45 heavy (non-hydrogen) atoms. The molecule has 0 aliphatic carbocycles. The van der Waals surface area contributed by atoms with Gasteiger partial charge in [0.05, 0.1) is 23.4 Å². The van der Waals surface area contributed by atoms with Gasteiger partial charge in [-0.25, -0.2) is 4.79 Å². The van der Waals surface area contributed by atoms with Gasteiger partial charge >= 0.3 is 5.97 Å². The minimum absolute atomic E-state index is 0.0522. The largest absolute Gasteiger partial charge is 0.494 e. The third kappa shape index (κ3) is 5.59. The van der Waals surface area contributed by atoms with Gasteiger partial charge in [0.15, 0.2) is 0 Å². The molecule has 1 aliphatic heterocycles. The molecule has 1 N–H and O–H groups in total. The first-order valence-corrected chi connectivity index (χ1v) is 15.6. The summed E-state index contributed by atoms with van der Waals surface area (Å²) in [6.07, 6.45) is 1.38. The van der Waals surface area contributed by atoms with E-state index in [1.54, 1.807) is 18.2 Å². The van der Waals surface area contributed by atoms with Crippen LogP contribution in [0.2, 0.25) is 5.02 Å². The summed E-state index contributed by atoms with van der Waals surface area (Å²) in [5.41, 5.74) is 9.89. The first-order chi connectivity index (χ1) is 21.5. The van der Waals surface area contributed by atoms with Crippen LogP contribution < -0.4 is 4.74 Å². The van der Waals surface area contributed by atoms with Crippen LogP contribution in [0.1, 0.15) is 60.9 Å². The Labute approximate surface area is 267 Å². The van der Waals surface area contributed by atoms with E-state index in [-0.39, 0.29) is 11.5 Å². The zero-order chi connectivity index (χ0) is 32.0. The minimum Gasteiger partial charge on any atom is -0.494 e. The molecule has 8 nitrogen and oxygen atoms in total. The van der Waals surface area contributed by atoms with Crippen molar-refractivity contribution in [2.24, 2.45) is 7.05 Å². The number of rotatable bonds is 9. The topological polar surface area (TPSA) is 89.6 Å². The molecular formula is C36H37ClN4O4. The van der Waals surface area contributed by atoms with E-state index in [2.05, 4.69) is 34.8 Å². The molecule has 6 rings (SSSR count). The molecule has 5 aromatic rings. The number of amides is 1. The number of carbonyl (C=O) groups is 2. The number of aryl methyl sites for hydroxylation is 5. The highest BCUT2D eigenvalue weighted by Gasteiger charge is 2.32. The fourth-order valence-electron chi connectivity index (χ4n) is 6.64. The van der Waals surface area contributed by atoms with Crippen LogP contribution in [0.15, 0.2) is 54.6 Å². The number of aromatic nitrogens is 3. The lowest BCUT2D eigenvalue weighted by Gasteiger charge is -2.30. The van der Waals surface area contributed by atoms with Crippen LogP contribution in [0, 0.1) is 27.7 Å². The van der Waals surface area contributed by atoms with E-state index in [1.165, 1.54) is 0 Å². The Kier molecular flexibility index (Phi) is 8.18. The van der Waals surface area contributed by atoms with Gasteiger partial charge in [0, 0.05) is 53.9 Å². The second-order valence-corrected chi connectivity index (χ2v) is 12.3. The molecule has 3 heterocycles. The molecule has 1 aliphatic rings. The smallest absolute Gasteiger partial charge is 0.335 e. The van der Waals surface area contributed by atoms with Crippen molar-refractivity contribution in [3.8, 4) is 16.9 Å². The molecule has 9 heteroatoms. The number of carbonyl (C=O) groups excluding carboxylic acids is 1. The van der Waals surface area contributed by atoms with Crippen LogP contribution in [0.25, 0.3) is 22.0 Å². The van der Waals surface area contributed by atoms with Gasteiger partial charge in [-0.15, -0.1) is 0 Å². The third-order valence-corrected chi connectivity index (χ3v) is 9.44. The van der Waals surface area contributed by atoms with Gasteiger partial charge in [0.1, 0.15) is 11.4 Å². The van der Waals surface area contributed by atoms with Crippen LogP contribution in [0.3, 0.4) is 0 Å². The monoisotopic (exact) mass is 624 g/mol. The quantitative estimate of drug-likeness (QED) is 0.174. The van der Waals surface area contributed by atoms with Crippen LogP contribution in [-0.4, -0.2) is 49.4 Å². The summed E-state index contributed by atoms with van der Waals surface area (Å²) in [5, 5.41) is 16.0. The summed E-state index contributed by atoms with van der Waals surface area (Å²) in [5.74, 6) is -0.249. The Morgan fingerprint density at radius 2 is 1.76 bits per heavy atom. The van der Waals surface area contributed by atoms with E-state index in [9.17, 15) is 14.7 Å². The Morgan fingerprint density at radius 3 is 2.44 bits per heavy atom. The standard InChI is InChI=1S/C36H37ClN4O4/c1-21-17-27(18-22(2)32(21)37)45-16-8-13-29-28-11-7-12-30(31-23(3)38-39(5)24(31)4)33(28)41-15-14-40(35(42)34(29)41)20-25-9-6-10-26(19-25)36(43)44/h6-7,9-12,17-19H,8,13-16,20H2,1-5H3,(H,43,44). The molecule has 0 radical (unpaired) electrons. The lowest BCUT2D eigenvalue weighted by Crippen LogP contribution is -2.40. The maximum absolute atomic E-state index is 14.3. The van der Waals surface area contributed by atoms with E-state index in [4.69, 9.17) is 16.3 Å². The zero-order valence-electron chi connectivity index (χ0n) is 26.3. The molecule has 232 valence electrons. The maximum atomic E-state index is 14.3. The van der Waals surface area contributed by atoms with Crippen LogP contribution in [-0.2, 0) is 26.6 Å². The van der Waals surface area contributed by atoms with E-state index < -0.39 is 5.97 Å². The lowest BCUT2D eigenvalue weighted by atomic mass is 9.98. The van der Waals surface area contributed by atoms with Gasteiger partial charge < -0.3 is 19.3 Å². The summed E-state index contributed by atoms with van der Waals surface area (Å²) in [4.78, 5) is 27.7. The number of fused-ring (bicyclic) bond motifs is 3. The normalized spacial score (nSPS) is 13.0. The number of halogens is 1. The van der Waals surface area contributed by atoms with E-state index in [0.29, 0.717) is 38.4 Å². The third-order valence-electron chi connectivity index (χ3n) is 8.85. The SMILES string of the molecule is Cc1cc(OCCCc2c3n(c4c(-c5c(C)nn(C)c5C)cccc24)CCN(Cc2cccc(C(=O)O)c2)C3=O)cc(C)c1Cl. The van der Waals surface area contributed by atoms with Crippen LogP contribution >= 0.6 is 11.6 Å². The molecule has 0 bridgehead atoms. The second kappa shape index (κ2) is 12.1. The van der Waals surface area contributed by atoms with E-state index in [1.807, 2.05) is 55.6 Å². The summed E-state index contributed by atoms with van der Waals surface area (Å²) >= 11 is 6.35. The molecule has 0 spiro atoms. The summed E-state index contributed by atoms with van der Waals surface area (Å²) in [6.45, 7) is 10.0. The first kappa shape index (κ1) is 30.5. The zero-order valence-corrected chi connectivity index (χ0v) is 27.0. The lowest BCUT2D eigenvalue weighted by molar-refractivity contribution is 0.0690. The molecule has 2 aromatic heterocycles. The fraction of sp³-hybridized carbons (Fsp3) is 0.306. The number of ether oxygens (including phenoxy) is 1. The molecule has 1 amide bonds. The van der Waals surface area contributed by atoms with Crippen molar-refractivity contribution < 1.29 is 19.4 Å². The highest BCUT2D eigenvalue weighted by atomic mass is 35.5. The van der Waals surface area contributed by atoms with Crippen LogP contribution in [0.4, 0.5) is 0 Å². The van der Waals surface area contributed by atoms with Crippen molar-refractivity contribution in [1.29, 1.82) is 0 Å². The van der Waals surface area contributed by atoms with Crippen LogP contribution in [0.5, 0.6) is 5.75 Å². The summed E-state index contributed by atoms with van der Waals surface area (Å²) in [7, 11) is 1.95. The molecule has 0 saturated carbocycles. The molecule has 0 atom stereocenters. The predicted molar refractivity (Wildman–Crippen MR) is 176 cm³/mol. The van der Waals surface area contributed by atoms with Gasteiger partial charge in [0.2, 0.25) is 0 Å². The Bertz CT molecular complexity index is 1950. The number of aromatic carboxylic acids is 1. The number of carboxylic acids is 1. The van der Waals surface area contributed by atoms with Crippen molar-refractivity contribution in [2.75, 3.05) is 13.2 Å². The molecule has 3 aromatic carbocycles.